The zero-order valence-corrected chi connectivity index (χ0v) is 18.9. The van der Waals surface area contributed by atoms with Gasteiger partial charge < -0.3 is 19.9 Å². The molecule has 7 nitrogen and oxygen atoms in total. The van der Waals surface area contributed by atoms with E-state index < -0.39 is 11.1 Å². The number of amides is 1. The van der Waals surface area contributed by atoms with Gasteiger partial charge in [0.2, 0.25) is 0 Å². The Balaban J connectivity index is 1.68. The number of aliphatic imine (C=N–C) groups is 1. The first-order valence-electron chi connectivity index (χ1n) is 10.8. The molecule has 2 N–H and O–H groups in total. The highest BCUT2D eigenvalue weighted by Crippen LogP contribution is 2.52. The van der Waals surface area contributed by atoms with E-state index in [4.69, 9.17) is 36.5 Å². The molecule has 1 fully saturated rings. The van der Waals surface area contributed by atoms with Crippen LogP contribution in [0.15, 0.2) is 41.4 Å². The number of rotatable bonds is 3. The summed E-state index contributed by atoms with van der Waals surface area (Å²) in [6.45, 7) is 3.58. The van der Waals surface area contributed by atoms with Crippen LogP contribution in [-0.2, 0) is 15.1 Å². The largest absolute Gasteiger partial charge is 0.493 e. The van der Waals surface area contributed by atoms with Gasteiger partial charge in [0.15, 0.2) is 11.5 Å². The minimum Gasteiger partial charge on any atom is -0.493 e. The van der Waals surface area contributed by atoms with Gasteiger partial charge in [0.1, 0.15) is 17.1 Å². The number of ether oxygens (including phenoxy) is 3. The second kappa shape index (κ2) is 7.67. The molecule has 8 heteroatoms. The van der Waals surface area contributed by atoms with Gasteiger partial charge in [-0.2, -0.15) is 0 Å². The van der Waals surface area contributed by atoms with Crippen molar-refractivity contribution in [2.24, 2.45) is 10.7 Å². The number of hydrogen-bond donors (Lipinski definition) is 1. The molecule has 0 saturated carbocycles. The van der Waals surface area contributed by atoms with Crippen LogP contribution in [0.4, 0.5) is 0 Å². The van der Waals surface area contributed by atoms with Crippen LogP contribution in [0.25, 0.3) is 11.1 Å². The molecule has 2 atom stereocenters. The van der Waals surface area contributed by atoms with Gasteiger partial charge in [-0.05, 0) is 55.7 Å². The van der Waals surface area contributed by atoms with Crippen LogP contribution in [0.2, 0.25) is 5.02 Å². The van der Waals surface area contributed by atoms with E-state index in [2.05, 4.69) is 0 Å². The molecule has 3 aliphatic heterocycles. The monoisotopic (exact) mass is 455 g/mol. The number of guanidine groups is 1. The number of carbonyl (C=O) groups excluding carboxylic acids is 1. The SMILES string of the molecule is CCOc1ccc(Cl)cc1-c1ccc2c(c1)[C@]1(C[C@@]3(CCCOC3)O2)N=C(N)N(C)C1=O. The van der Waals surface area contributed by atoms with E-state index in [0.29, 0.717) is 42.6 Å². The molecule has 0 bridgehead atoms. The zero-order valence-electron chi connectivity index (χ0n) is 18.2. The number of carbonyl (C=O) groups is 1. The van der Waals surface area contributed by atoms with E-state index in [-0.39, 0.29) is 11.9 Å². The van der Waals surface area contributed by atoms with Crippen molar-refractivity contribution >= 4 is 23.5 Å². The van der Waals surface area contributed by atoms with Crippen molar-refractivity contribution in [3.8, 4) is 22.6 Å². The predicted molar refractivity (Wildman–Crippen MR) is 122 cm³/mol. The van der Waals surface area contributed by atoms with Crippen LogP contribution >= 0.6 is 11.6 Å². The number of halogens is 1. The van der Waals surface area contributed by atoms with Crippen LogP contribution in [-0.4, -0.2) is 49.2 Å². The van der Waals surface area contributed by atoms with E-state index >= 15 is 0 Å². The number of likely N-dealkylation sites (N-methyl/N-ethyl adjacent to an activating group) is 1. The molecule has 32 heavy (non-hydrogen) atoms. The highest BCUT2D eigenvalue weighted by molar-refractivity contribution is 6.31. The lowest BCUT2D eigenvalue weighted by atomic mass is 9.74. The van der Waals surface area contributed by atoms with E-state index in [1.165, 1.54) is 4.90 Å². The summed E-state index contributed by atoms with van der Waals surface area (Å²) in [7, 11) is 1.66. The summed E-state index contributed by atoms with van der Waals surface area (Å²) in [5, 5.41) is 0.601. The third-order valence-corrected chi connectivity index (χ3v) is 6.71. The second-order valence-electron chi connectivity index (χ2n) is 8.60. The van der Waals surface area contributed by atoms with E-state index in [0.717, 1.165) is 29.7 Å². The van der Waals surface area contributed by atoms with Gasteiger partial charge in [0.05, 0.1) is 13.2 Å². The molecular weight excluding hydrogens is 430 g/mol. The maximum atomic E-state index is 13.5. The van der Waals surface area contributed by atoms with Crippen LogP contribution in [0, 0.1) is 0 Å². The fraction of sp³-hybridized carbons (Fsp3) is 0.417. The summed E-state index contributed by atoms with van der Waals surface area (Å²) in [4.78, 5) is 19.7. The molecule has 3 heterocycles. The molecule has 1 saturated heterocycles. The Morgan fingerprint density at radius 1 is 1.28 bits per heavy atom. The highest BCUT2D eigenvalue weighted by Gasteiger charge is 2.58. The third-order valence-electron chi connectivity index (χ3n) is 6.48. The van der Waals surface area contributed by atoms with Gasteiger partial charge in [0.25, 0.3) is 5.91 Å². The minimum atomic E-state index is -1.15. The molecule has 0 radical (unpaired) electrons. The summed E-state index contributed by atoms with van der Waals surface area (Å²) in [5.41, 5.74) is 6.78. The fourth-order valence-electron chi connectivity index (χ4n) is 4.99. The summed E-state index contributed by atoms with van der Waals surface area (Å²) < 4.78 is 18.1. The third kappa shape index (κ3) is 3.22. The lowest BCUT2D eigenvalue weighted by Gasteiger charge is -2.46. The quantitative estimate of drug-likeness (QED) is 0.762. The van der Waals surface area contributed by atoms with Crippen molar-refractivity contribution in [3.63, 3.8) is 0 Å². The molecule has 2 aromatic carbocycles. The lowest BCUT2D eigenvalue weighted by Crippen LogP contribution is -2.55. The maximum Gasteiger partial charge on any atom is 0.261 e. The van der Waals surface area contributed by atoms with Gasteiger partial charge in [-0.3, -0.25) is 9.69 Å². The van der Waals surface area contributed by atoms with Crippen LogP contribution in [0.3, 0.4) is 0 Å². The maximum absolute atomic E-state index is 13.5. The topological polar surface area (TPSA) is 86.4 Å². The van der Waals surface area contributed by atoms with Crippen LogP contribution in [0.1, 0.15) is 31.7 Å². The molecule has 0 unspecified atom stereocenters. The zero-order chi connectivity index (χ0) is 22.5. The number of hydrogen-bond acceptors (Lipinski definition) is 6. The van der Waals surface area contributed by atoms with Crippen molar-refractivity contribution in [3.05, 3.63) is 47.0 Å². The van der Waals surface area contributed by atoms with Gasteiger partial charge in [0, 0.05) is 36.2 Å². The first kappa shape index (κ1) is 21.1. The van der Waals surface area contributed by atoms with Gasteiger partial charge in [-0.25, -0.2) is 4.99 Å². The summed E-state index contributed by atoms with van der Waals surface area (Å²) in [6, 6.07) is 11.3. The molecule has 2 aromatic rings. The lowest BCUT2D eigenvalue weighted by molar-refractivity contribution is -0.139. The number of nitrogens with two attached hydrogens (primary N) is 1. The number of fused-ring (bicyclic) bond motifs is 2. The molecule has 0 aliphatic carbocycles. The average molecular weight is 456 g/mol. The highest BCUT2D eigenvalue weighted by atomic mass is 35.5. The van der Waals surface area contributed by atoms with Crippen molar-refractivity contribution in [2.45, 2.75) is 37.3 Å². The summed E-state index contributed by atoms with van der Waals surface area (Å²) in [5.74, 6) is 1.40. The minimum absolute atomic E-state index is 0.155. The van der Waals surface area contributed by atoms with E-state index in [1.54, 1.807) is 13.1 Å². The Morgan fingerprint density at radius 3 is 2.81 bits per heavy atom. The Hall–Kier alpha value is -2.77. The summed E-state index contributed by atoms with van der Waals surface area (Å²) >= 11 is 6.30. The van der Waals surface area contributed by atoms with Crippen molar-refractivity contribution in [2.75, 3.05) is 26.9 Å². The first-order chi connectivity index (χ1) is 15.4. The molecule has 2 spiro atoms. The van der Waals surface area contributed by atoms with E-state index in [9.17, 15) is 4.79 Å². The molecular formula is C24H26ClN3O4. The van der Waals surface area contributed by atoms with Crippen molar-refractivity contribution in [1.29, 1.82) is 0 Å². The molecule has 1 amide bonds. The van der Waals surface area contributed by atoms with Gasteiger partial charge in [-0.1, -0.05) is 17.7 Å². The van der Waals surface area contributed by atoms with Crippen molar-refractivity contribution in [1.82, 2.24) is 4.90 Å². The van der Waals surface area contributed by atoms with E-state index in [1.807, 2.05) is 37.3 Å². The van der Waals surface area contributed by atoms with Crippen molar-refractivity contribution < 1.29 is 19.0 Å². The van der Waals surface area contributed by atoms with Crippen LogP contribution < -0.4 is 15.2 Å². The number of nitrogens with zero attached hydrogens (tertiary/aromatic N) is 2. The molecule has 168 valence electrons. The second-order valence-corrected chi connectivity index (χ2v) is 9.03. The summed E-state index contributed by atoms with van der Waals surface area (Å²) in [6.07, 6.45) is 2.05. The van der Waals surface area contributed by atoms with Gasteiger partial charge in [-0.15, -0.1) is 0 Å². The molecule has 0 aromatic heterocycles. The van der Waals surface area contributed by atoms with Gasteiger partial charge >= 0.3 is 0 Å². The Kier molecular flexibility index (Phi) is 5.06. The fourth-order valence-corrected chi connectivity index (χ4v) is 5.16. The predicted octanol–water partition coefficient (Wildman–Crippen LogP) is 3.72. The Bertz CT molecular complexity index is 1110. The molecule has 3 aliphatic rings. The number of benzene rings is 2. The standard InChI is InChI=1S/C24H26ClN3O4/c1-3-31-19-8-6-16(25)12-17(19)15-5-7-20-18(11-15)24(21(29)28(2)22(26)27-24)13-23(32-20)9-4-10-30-14-23/h5-8,11-12H,3-4,9-10,13-14H2,1-2H3,(H2,26,27)/t23-,24+/m1/s1. The Labute approximate surface area is 192 Å². The smallest absolute Gasteiger partial charge is 0.261 e. The average Bonchev–Trinajstić information content (AvgIpc) is 2.99. The normalized spacial score (nSPS) is 26.8. The van der Waals surface area contributed by atoms with Crippen LogP contribution in [0.5, 0.6) is 11.5 Å². The Morgan fingerprint density at radius 2 is 2.12 bits per heavy atom. The first-order valence-corrected chi connectivity index (χ1v) is 11.2. The molecule has 5 rings (SSSR count).